The number of benzene rings is 3. The molecule has 2 N–H and O–H groups in total. The molecule has 0 unspecified atom stereocenters. The lowest BCUT2D eigenvalue weighted by atomic mass is 10.1. The Balaban J connectivity index is 1.39. The van der Waals surface area contributed by atoms with Crippen molar-refractivity contribution in [1.29, 1.82) is 0 Å². The van der Waals surface area contributed by atoms with Gasteiger partial charge in [-0.3, -0.25) is 9.59 Å². The molecule has 4 rings (SSSR count). The van der Waals surface area contributed by atoms with Crippen LogP contribution in [0.25, 0.3) is 10.1 Å². The largest absolute Gasteiger partial charge is 0.326 e. The van der Waals surface area contributed by atoms with Crippen LogP contribution in [0.1, 0.15) is 20.8 Å². The molecule has 0 spiro atoms. The average molecular weight is 479 g/mol. The first kappa shape index (κ1) is 20.3. The summed E-state index contributed by atoms with van der Waals surface area (Å²) in [4.78, 5) is 25.6. The molecule has 0 radical (unpaired) electrons. The Labute approximate surface area is 187 Å². The van der Waals surface area contributed by atoms with Crippen LogP contribution < -0.4 is 10.6 Å². The maximum atomic E-state index is 12.7. The molecule has 30 heavy (non-hydrogen) atoms. The summed E-state index contributed by atoms with van der Waals surface area (Å²) in [6, 6.07) is 22.9. The predicted molar refractivity (Wildman–Crippen MR) is 127 cm³/mol. The topological polar surface area (TPSA) is 58.2 Å². The van der Waals surface area contributed by atoms with E-state index in [1.807, 2.05) is 55.5 Å². The van der Waals surface area contributed by atoms with Gasteiger partial charge in [-0.2, -0.15) is 0 Å². The number of anilines is 2. The number of carbonyl (C=O) groups is 2. The van der Waals surface area contributed by atoms with Gasteiger partial charge in [0.2, 0.25) is 5.91 Å². The number of hydrogen-bond donors (Lipinski definition) is 2. The molecule has 1 aromatic heterocycles. The monoisotopic (exact) mass is 478 g/mol. The van der Waals surface area contributed by atoms with E-state index >= 15 is 0 Å². The number of fused-ring (bicyclic) bond motifs is 1. The third-order valence-electron chi connectivity index (χ3n) is 4.65. The van der Waals surface area contributed by atoms with Crippen LogP contribution >= 0.6 is 27.3 Å². The van der Waals surface area contributed by atoms with Gasteiger partial charge in [0.05, 0.1) is 6.42 Å². The lowest BCUT2D eigenvalue weighted by Gasteiger charge is -2.08. The van der Waals surface area contributed by atoms with Crippen molar-refractivity contribution in [3.05, 3.63) is 93.3 Å². The van der Waals surface area contributed by atoms with E-state index in [4.69, 9.17) is 0 Å². The van der Waals surface area contributed by atoms with Gasteiger partial charge in [-0.25, -0.2) is 0 Å². The Hall–Kier alpha value is -2.96. The number of hydrogen-bond acceptors (Lipinski definition) is 3. The molecule has 0 aliphatic heterocycles. The third kappa shape index (κ3) is 4.61. The fourth-order valence-corrected chi connectivity index (χ4v) is 4.97. The van der Waals surface area contributed by atoms with Gasteiger partial charge in [-0.05, 0) is 58.7 Å². The highest BCUT2D eigenvalue weighted by molar-refractivity contribution is 9.10. The van der Waals surface area contributed by atoms with Crippen molar-refractivity contribution < 1.29 is 9.59 Å². The van der Waals surface area contributed by atoms with Crippen molar-refractivity contribution in [2.45, 2.75) is 13.3 Å². The molecule has 0 saturated carbocycles. The molecule has 0 saturated heterocycles. The summed E-state index contributed by atoms with van der Waals surface area (Å²) in [7, 11) is 0. The zero-order valence-electron chi connectivity index (χ0n) is 16.2. The summed E-state index contributed by atoms with van der Waals surface area (Å²) in [6.45, 7) is 2.02. The summed E-state index contributed by atoms with van der Waals surface area (Å²) < 4.78 is 1.86. The lowest BCUT2D eigenvalue weighted by molar-refractivity contribution is -0.115. The molecule has 3 aromatic carbocycles. The van der Waals surface area contributed by atoms with Gasteiger partial charge in [0.1, 0.15) is 4.88 Å². The van der Waals surface area contributed by atoms with Crippen LogP contribution in [-0.2, 0) is 11.2 Å². The Morgan fingerprint density at radius 3 is 2.17 bits per heavy atom. The zero-order valence-corrected chi connectivity index (χ0v) is 18.6. The smallest absolute Gasteiger partial charge is 0.266 e. The molecule has 0 fully saturated rings. The third-order valence-corrected chi connectivity index (χ3v) is 6.91. The Morgan fingerprint density at radius 1 is 0.867 bits per heavy atom. The second-order valence-electron chi connectivity index (χ2n) is 6.98. The maximum Gasteiger partial charge on any atom is 0.266 e. The molecule has 150 valence electrons. The minimum Gasteiger partial charge on any atom is -0.326 e. The van der Waals surface area contributed by atoms with Crippen LogP contribution in [0.2, 0.25) is 0 Å². The summed E-state index contributed by atoms with van der Waals surface area (Å²) in [5.74, 6) is -0.246. The molecule has 6 heteroatoms. The highest BCUT2D eigenvalue weighted by Crippen LogP contribution is 2.35. The van der Waals surface area contributed by atoms with Crippen LogP contribution in [0.15, 0.2) is 77.3 Å². The van der Waals surface area contributed by atoms with E-state index in [0.29, 0.717) is 22.7 Å². The molecule has 4 nitrogen and oxygen atoms in total. The number of carbonyl (C=O) groups excluding carboxylic acids is 2. The second kappa shape index (κ2) is 8.81. The van der Waals surface area contributed by atoms with E-state index in [-0.39, 0.29) is 11.8 Å². The van der Waals surface area contributed by atoms with Gasteiger partial charge in [0.15, 0.2) is 0 Å². The Kier molecular flexibility index (Phi) is 5.97. The number of amides is 2. The van der Waals surface area contributed by atoms with Crippen molar-refractivity contribution in [3.63, 3.8) is 0 Å². The highest BCUT2D eigenvalue weighted by Gasteiger charge is 2.16. The average Bonchev–Trinajstić information content (AvgIpc) is 3.08. The minimum atomic E-state index is -0.167. The van der Waals surface area contributed by atoms with E-state index in [1.165, 1.54) is 16.9 Å². The van der Waals surface area contributed by atoms with Crippen molar-refractivity contribution in [1.82, 2.24) is 0 Å². The number of halogens is 1. The minimum absolute atomic E-state index is 0.0788. The molecule has 1 heterocycles. The molecule has 0 aliphatic rings. The lowest BCUT2D eigenvalue weighted by Crippen LogP contribution is -2.14. The van der Waals surface area contributed by atoms with E-state index < -0.39 is 0 Å². The van der Waals surface area contributed by atoms with Crippen molar-refractivity contribution in [3.8, 4) is 0 Å². The van der Waals surface area contributed by atoms with Gasteiger partial charge in [-0.15, -0.1) is 11.3 Å². The first-order chi connectivity index (χ1) is 14.5. The SMILES string of the molecule is Cc1ccc(CC(=O)Nc2ccc(NC(=O)c3sc4ccccc4c3Br)cc2)cc1. The quantitative estimate of drug-likeness (QED) is 0.348. The van der Waals surface area contributed by atoms with Gasteiger partial charge in [0.25, 0.3) is 5.91 Å². The summed E-state index contributed by atoms with van der Waals surface area (Å²) in [5, 5.41) is 6.83. The summed E-state index contributed by atoms with van der Waals surface area (Å²) in [5.41, 5.74) is 3.49. The van der Waals surface area contributed by atoms with Crippen LogP contribution in [-0.4, -0.2) is 11.8 Å². The van der Waals surface area contributed by atoms with Gasteiger partial charge < -0.3 is 10.6 Å². The molecular formula is C24H19BrN2O2S. The van der Waals surface area contributed by atoms with E-state index in [0.717, 1.165) is 20.1 Å². The van der Waals surface area contributed by atoms with Crippen LogP contribution in [0.3, 0.4) is 0 Å². The fourth-order valence-electron chi connectivity index (χ4n) is 3.08. The Bertz CT molecular complexity index is 1210. The van der Waals surface area contributed by atoms with Crippen molar-refractivity contribution in [2.75, 3.05) is 10.6 Å². The molecule has 0 aliphatic carbocycles. The van der Waals surface area contributed by atoms with E-state index in [1.54, 1.807) is 24.3 Å². The summed E-state index contributed by atoms with van der Waals surface area (Å²) >= 11 is 4.99. The molecule has 0 bridgehead atoms. The second-order valence-corrected chi connectivity index (χ2v) is 8.83. The molecule has 2 amide bonds. The zero-order chi connectivity index (χ0) is 21.1. The van der Waals surface area contributed by atoms with Gasteiger partial charge >= 0.3 is 0 Å². The number of rotatable bonds is 5. The van der Waals surface area contributed by atoms with E-state index in [9.17, 15) is 9.59 Å². The fraction of sp³-hybridized carbons (Fsp3) is 0.0833. The summed E-state index contributed by atoms with van der Waals surface area (Å²) in [6.07, 6.45) is 0.318. The standard InChI is InChI=1S/C24H19BrN2O2S/c1-15-6-8-16(9-7-15)14-21(28)26-17-10-12-18(13-11-17)27-24(29)23-22(25)19-4-2-3-5-20(19)30-23/h2-13H,14H2,1H3,(H,26,28)(H,27,29). The highest BCUT2D eigenvalue weighted by atomic mass is 79.9. The first-order valence-corrected chi connectivity index (χ1v) is 11.0. The molecular weight excluding hydrogens is 460 g/mol. The normalized spacial score (nSPS) is 10.7. The number of aryl methyl sites for hydroxylation is 1. The van der Waals surface area contributed by atoms with Gasteiger partial charge in [-0.1, -0.05) is 48.0 Å². The molecule has 0 atom stereocenters. The van der Waals surface area contributed by atoms with Crippen LogP contribution in [0.5, 0.6) is 0 Å². The number of nitrogens with one attached hydrogen (secondary N) is 2. The van der Waals surface area contributed by atoms with Crippen LogP contribution in [0.4, 0.5) is 11.4 Å². The van der Waals surface area contributed by atoms with Crippen molar-refractivity contribution >= 4 is 60.5 Å². The van der Waals surface area contributed by atoms with Crippen LogP contribution in [0, 0.1) is 6.92 Å². The van der Waals surface area contributed by atoms with Crippen molar-refractivity contribution in [2.24, 2.45) is 0 Å². The predicted octanol–water partition coefficient (Wildman–Crippen LogP) is 6.41. The van der Waals surface area contributed by atoms with Gasteiger partial charge in [0, 0.05) is 25.9 Å². The first-order valence-electron chi connectivity index (χ1n) is 9.43. The maximum absolute atomic E-state index is 12.7. The number of thiophene rings is 1. The Morgan fingerprint density at radius 2 is 1.50 bits per heavy atom. The van der Waals surface area contributed by atoms with E-state index in [2.05, 4.69) is 26.6 Å². The molecule has 4 aromatic rings.